The number of rotatable bonds is 7. The van der Waals surface area contributed by atoms with Crippen LogP contribution in [0.1, 0.15) is 18.9 Å². The van der Waals surface area contributed by atoms with Gasteiger partial charge in [-0.1, -0.05) is 0 Å². The molecule has 2 fully saturated rings. The first-order valence-electron chi connectivity index (χ1n) is 10.3. The fourth-order valence-electron chi connectivity index (χ4n) is 4.41. The van der Waals surface area contributed by atoms with E-state index in [1.165, 1.54) is 0 Å². The maximum Gasteiger partial charge on any atom is 0.405 e. The van der Waals surface area contributed by atoms with E-state index in [0.717, 1.165) is 32.6 Å². The molecule has 2 bridgehead atoms. The number of piperidine rings is 2. The number of hydrogen-bond donors (Lipinski definition) is 3. The van der Waals surface area contributed by atoms with Gasteiger partial charge in [-0.15, -0.1) is 0 Å². The van der Waals surface area contributed by atoms with Crippen LogP contribution in [0.4, 0.5) is 9.59 Å². The van der Waals surface area contributed by atoms with E-state index in [1.807, 2.05) is 11.8 Å². The topological polar surface area (TPSA) is 118 Å². The molecular weight excluding hydrogens is 386 g/mol. The molecule has 0 aliphatic carbocycles. The van der Waals surface area contributed by atoms with E-state index < -0.39 is 6.09 Å². The van der Waals surface area contributed by atoms with E-state index in [-0.39, 0.29) is 18.7 Å². The van der Waals surface area contributed by atoms with Gasteiger partial charge < -0.3 is 30.3 Å². The minimum atomic E-state index is -1.08. The van der Waals surface area contributed by atoms with Crippen molar-refractivity contribution in [2.24, 2.45) is 11.8 Å². The van der Waals surface area contributed by atoms with E-state index >= 15 is 0 Å². The molecule has 2 aliphatic rings. The van der Waals surface area contributed by atoms with Gasteiger partial charge in [0, 0.05) is 39.3 Å². The zero-order chi connectivity index (χ0) is 21.5. The molecule has 9 nitrogen and oxygen atoms in total. The van der Waals surface area contributed by atoms with Gasteiger partial charge in [-0.05, 0) is 49.4 Å². The fraction of sp³-hybridized carbons (Fsp3) is 0.571. The number of nitrogens with zero attached hydrogens (tertiary/aromatic N) is 3. The minimum absolute atomic E-state index is 0.00175. The number of carboxylic acid groups (broad SMARTS) is 1. The number of amides is 3. The Hall–Kier alpha value is -2.99. The van der Waals surface area contributed by atoms with Crippen molar-refractivity contribution >= 4 is 12.1 Å². The van der Waals surface area contributed by atoms with Crippen molar-refractivity contribution in [2.45, 2.75) is 19.4 Å². The highest BCUT2D eigenvalue weighted by molar-refractivity contribution is 5.74. The van der Waals surface area contributed by atoms with Crippen LogP contribution in [-0.4, -0.2) is 78.9 Å². The third-order valence-corrected chi connectivity index (χ3v) is 5.51. The molecule has 2 unspecified atom stereocenters. The Bertz CT molecular complexity index is 765. The second-order valence-corrected chi connectivity index (χ2v) is 8.02. The lowest BCUT2D eigenvalue weighted by Gasteiger charge is -2.46. The van der Waals surface area contributed by atoms with Gasteiger partial charge in [-0.3, -0.25) is 0 Å². The van der Waals surface area contributed by atoms with Crippen molar-refractivity contribution in [1.29, 1.82) is 5.26 Å². The second kappa shape index (κ2) is 10.2. The Morgan fingerprint density at radius 1 is 1.23 bits per heavy atom. The van der Waals surface area contributed by atoms with Gasteiger partial charge in [0.05, 0.1) is 17.7 Å². The summed E-state index contributed by atoms with van der Waals surface area (Å²) in [4.78, 5) is 27.6. The molecule has 3 N–H and O–H groups in total. The summed E-state index contributed by atoms with van der Waals surface area (Å²) in [5.74, 6) is 1.38. The molecule has 3 atom stereocenters. The van der Waals surface area contributed by atoms with Crippen LogP contribution < -0.4 is 15.4 Å². The molecule has 9 heteroatoms. The molecule has 0 spiro atoms. The first-order valence-corrected chi connectivity index (χ1v) is 10.3. The molecule has 2 heterocycles. The van der Waals surface area contributed by atoms with E-state index in [4.69, 9.17) is 10.00 Å². The van der Waals surface area contributed by atoms with Gasteiger partial charge in [-0.25, -0.2) is 9.59 Å². The fourth-order valence-corrected chi connectivity index (χ4v) is 4.41. The number of hydrogen-bond acceptors (Lipinski definition) is 5. The van der Waals surface area contributed by atoms with Crippen molar-refractivity contribution in [3.8, 4) is 11.8 Å². The average Bonchev–Trinajstić information content (AvgIpc) is 2.71. The molecule has 1 aromatic carbocycles. The number of carbonyl (C=O) groups excluding carboxylic acids is 1. The first kappa shape index (κ1) is 21.7. The third-order valence-electron chi connectivity index (χ3n) is 5.51. The monoisotopic (exact) mass is 415 g/mol. The van der Waals surface area contributed by atoms with Crippen LogP contribution in [-0.2, 0) is 0 Å². The number of nitriles is 1. The van der Waals surface area contributed by atoms with E-state index in [0.29, 0.717) is 36.2 Å². The third kappa shape index (κ3) is 6.00. The highest BCUT2D eigenvalue weighted by Gasteiger charge is 2.36. The quantitative estimate of drug-likeness (QED) is 0.622. The molecule has 30 heavy (non-hydrogen) atoms. The second-order valence-electron chi connectivity index (χ2n) is 8.02. The van der Waals surface area contributed by atoms with Crippen LogP contribution in [0.25, 0.3) is 0 Å². The normalized spacial score (nSPS) is 21.9. The van der Waals surface area contributed by atoms with Crippen molar-refractivity contribution in [3.05, 3.63) is 29.8 Å². The molecule has 3 amide bonds. The molecule has 0 aromatic heterocycles. The number of benzene rings is 1. The number of fused-ring (bicyclic) bond motifs is 2. The molecular formula is C21H29N5O4. The number of ether oxygens (including phenoxy) is 1. The van der Waals surface area contributed by atoms with E-state index in [2.05, 4.69) is 21.6 Å². The number of nitrogens with one attached hydrogen (secondary N) is 2. The Labute approximate surface area is 176 Å². The molecule has 1 aromatic rings. The Morgan fingerprint density at radius 2 is 1.90 bits per heavy atom. The summed E-state index contributed by atoms with van der Waals surface area (Å²) in [5, 5.41) is 23.5. The first-order chi connectivity index (χ1) is 14.5. The smallest absolute Gasteiger partial charge is 0.405 e. The summed E-state index contributed by atoms with van der Waals surface area (Å²) in [5.41, 5.74) is 0.545. The standard InChI is InChI=1S/C21H29N5O4/c1-2-23-20(27)26-11-16-7-17(12-26)10-25(9-16)13-18(24-21(28)29)14-30-19-5-3-15(8-22)4-6-19/h3-6,16-18,24H,2,7,9-14H2,1H3,(H,23,27)(H,28,29)/t16?,17?,18-/m1/s1. The van der Waals surface area contributed by atoms with Gasteiger partial charge >= 0.3 is 12.1 Å². The van der Waals surface area contributed by atoms with Crippen LogP contribution in [0.3, 0.4) is 0 Å². The lowest BCUT2D eigenvalue weighted by Crippen LogP contribution is -2.58. The van der Waals surface area contributed by atoms with Gasteiger partial charge in [-0.2, -0.15) is 5.26 Å². The van der Waals surface area contributed by atoms with Crippen LogP contribution in [0.2, 0.25) is 0 Å². The Kier molecular flexibility index (Phi) is 7.36. The summed E-state index contributed by atoms with van der Waals surface area (Å²) in [6.45, 7) is 6.43. The maximum absolute atomic E-state index is 12.2. The van der Waals surface area contributed by atoms with E-state index in [1.54, 1.807) is 24.3 Å². The van der Waals surface area contributed by atoms with Crippen LogP contribution in [0.15, 0.2) is 24.3 Å². The van der Waals surface area contributed by atoms with Crippen LogP contribution >= 0.6 is 0 Å². The van der Waals surface area contributed by atoms with Gasteiger partial charge in [0.15, 0.2) is 0 Å². The highest BCUT2D eigenvalue weighted by atomic mass is 16.5. The summed E-state index contributed by atoms with van der Waals surface area (Å²) in [6.07, 6.45) is 0.0218. The SMILES string of the molecule is CCNC(=O)N1CC2CC(CN(C[C@H](COc3ccc(C#N)cc3)NC(=O)O)C2)C1. The van der Waals surface area contributed by atoms with E-state index in [9.17, 15) is 14.7 Å². The number of urea groups is 1. The largest absolute Gasteiger partial charge is 0.491 e. The molecule has 3 rings (SSSR count). The molecule has 162 valence electrons. The zero-order valence-electron chi connectivity index (χ0n) is 17.2. The summed E-state index contributed by atoms with van der Waals surface area (Å²) in [7, 11) is 0. The molecule has 0 radical (unpaired) electrons. The maximum atomic E-state index is 12.2. The predicted octanol–water partition coefficient (Wildman–Crippen LogP) is 1.56. The van der Waals surface area contributed by atoms with Gasteiger partial charge in [0.1, 0.15) is 12.4 Å². The summed E-state index contributed by atoms with van der Waals surface area (Å²) >= 11 is 0. The van der Waals surface area contributed by atoms with Crippen molar-refractivity contribution in [2.75, 3.05) is 45.9 Å². The molecule has 0 saturated carbocycles. The zero-order valence-corrected chi connectivity index (χ0v) is 17.2. The number of likely N-dealkylation sites (tertiary alicyclic amines) is 2. The summed E-state index contributed by atoms with van der Waals surface area (Å²) < 4.78 is 5.76. The van der Waals surface area contributed by atoms with Crippen LogP contribution in [0.5, 0.6) is 5.75 Å². The predicted molar refractivity (Wildman–Crippen MR) is 110 cm³/mol. The van der Waals surface area contributed by atoms with Crippen molar-refractivity contribution in [1.82, 2.24) is 20.4 Å². The van der Waals surface area contributed by atoms with Gasteiger partial charge in [0.2, 0.25) is 0 Å². The molecule has 2 aliphatic heterocycles. The Morgan fingerprint density at radius 3 is 2.47 bits per heavy atom. The lowest BCUT2D eigenvalue weighted by atomic mass is 9.84. The van der Waals surface area contributed by atoms with Crippen LogP contribution in [0, 0.1) is 23.2 Å². The van der Waals surface area contributed by atoms with Gasteiger partial charge in [0.25, 0.3) is 0 Å². The Balaban J connectivity index is 1.54. The van der Waals surface area contributed by atoms with Crippen molar-refractivity contribution in [3.63, 3.8) is 0 Å². The highest BCUT2D eigenvalue weighted by Crippen LogP contribution is 2.28. The lowest BCUT2D eigenvalue weighted by molar-refractivity contribution is 0.0388. The minimum Gasteiger partial charge on any atom is -0.491 e. The average molecular weight is 415 g/mol. The van der Waals surface area contributed by atoms with Crippen molar-refractivity contribution < 1.29 is 19.4 Å². The molecule has 2 saturated heterocycles. The summed E-state index contributed by atoms with van der Waals surface area (Å²) in [6, 6.07) is 8.43. The number of carbonyl (C=O) groups is 2.